The Morgan fingerprint density at radius 1 is 0.564 bits per heavy atom. The van der Waals surface area contributed by atoms with E-state index in [2.05, 4.69) is 47.9 Å². The zero-order valence-corrected chi connectivity index (χ0v) is 35.3. The van der Waals surface area contributed by atoms with Gasteiger partial charge in [-0.05, 0) is 70.6 Å². The standard InChI is InChI=1S/C45H77O9P/c1-3-5-6-7-8-9-10-11-12-13-14-15-16-21-24-27-30-33-36-39-45(48)54-43(41-53-55(49,50)51)40-52-44(47)38-35-32-29-26-23-20-18-17-19-22-25-28-31-34-37-42(46)4-2/h11-12,18-20,22,26,28-29,31,34,37,42-43,46H,3-10,13-17,21,23-25,27,30,32-33,35-36,38-41H2,1-2H3,(H2,49,50,51)/b12-11-,20-18-,22-19-,29-26-,31-28-,37-34+/t42-,43+/m0/s1. The lowest BCUT2D eigenvalue weighted by molar-refractivity contribution is -0.161. The Bertz CT molecular complexity index is 1140. The molecule has 0 aliphatic rings. The number of carbonyl (C=O) groups is 2. The van der Waals surface area contributed by atoms with Crippen LogP contribution in [0.25, 0.3) is 0 Å². The number of hydrogen-bond donors (Lipinski definition) is 3. The van der Waals surface area contributed by atoms with Gasteiger partial charge in [0.15, 0.2) is 6.10 Å². The average Bonchev–Trinajstić information content (AvgIpc) is 3.16. The topological polar surface area (TPSA) is 140 Å². The van der Waals surface area contributed by atoms with E-state index in [1.807, 2.05) is 37.3 Å². The molecule has 0 rings (SSSR count). The van der Waals surface area contributed by atoms with Gasteiger partial charge in [-0.25, -0.2) is 4.57 Å². The summed E-state index contributed by atoms with van der Waals surface area (Å²) in [5.74, 6) is -0.978. The molecule has 0 saturated heterocycles. The summed E-state index contributed by atoms with van der Waals surface area (Å²) in [6.45, 7) is 3.30. The third-order valence-corrected chi connectivity index (χ3v) is 9.35. The molecule has 2 atom stereocenters. The SMILES string of the molecule is CCCCCCCC/C=C\CCCCCCCCCCCC(=O)O[C@H](COC(=O)CCC/C=C\C/C=C\C/C=C\C/C=C\C=C\[C@@H](O)CC)COP(=O)(O)O. The number of hydrogen-bond acceptors (Lipinski definition) is 7. The molecule has 0 saturated carbocycles. The first kappa shape index (κ1) is 52.5. The van der Waals surface area contributed by atoms with Gasteiger partial charge in [-0.15, -0.1) is 0 Å². The van der Waals surface area contributed by atoms with Crippen LogP contribution in [-0.2, 0) is 28.2 Å². The minimum Gasteiger partial charge on any atom is -0.462 e. The number of allylic oxidation sites excluding steroid dienone is 11. The van der Waals surface area contributed by atoms with Gasteiger partial charge in [-0.2, -0.15) is 0 Å². The van der Waals surface area contributed by atoms with Crippen molar-refractivity contribution in [1.29, 1.82) is 0 Å². The second-order valence-corrected chi connectivity index (χ2v) is 15.4. The van der Waals surface area contributed by atoms with E-state index in [4.69, 9.17) is 19.3 Å². The molecule has 0 fully saturated rings. The summed E-state index contributed by atoms with van der Waals surface area (Å²) in [6.07, 6.45) is 48.6. The molecular weight excluding hydrogens is 715 g/mol. The van der Waals surface area contributed by atoms with Crippen molar-refractivity contribution in [1.82, 2.24) is 0 Å². The highest BCUT2D eigenvalue weighted by atomic mass is 31.2. The molecule has 0 spiro atoms. The second-order valence-electron chi connectivity index (χ2n) is 14.1. The van der Waals surface area contributed by atoms with E-state index in [0.717, 1.165) is 38.5 Å². The first-order chi connectivity index (χ1) is 26.7. The van der Waals surface area contributed by atoms with Gasteiger partial charge in [-0.3, -0.25) is 14.1 Å². The number of rotatable bonds is 38. The minimum absolute atomic E-state index is 0.172. The summed E-state index contributed by atoms with van der Waals surface area (Å²) >= 11 is 0. The van der Waals surface area contributed by atoms with Crippen LogP contribution < -0.4 is 0 Å². The first-order valence-electron chi connectivity index (χ1n) is 21.3. The maximum atomic E-state index is 12.4. The fourth-order valence-electron chi connectivity index (χ4n) is 5.53. The van der Waals surface area contributed by atoms with Crippen LogP contribution in [0.2, 0.25) is 0 Å². The second kappa shape index (κ2) is 39.7. The van der Waals surface area contributed by atoms with Crippen LogP contribution in [0.4, 0.5) is 0 Å². The van der Waals surface area contributed by atoms with Crippen molar-refractivity contribution in [3.63, 3.8) is 0 Å². The molecule has 0 aromatic carbocycles. The monoisotopic (exact) mass is 793 g/mol. The lowest BCUT2D eigenvalue weighted by Crippen LogP contribution is -2.29. The summed E-state index contributed by atoms with van der Waals surface area (Å²) in [4.78, 5) is 42.8. The van der Waals surface area contributed by atoms with Crippen LogP contribution in [0, 0.1) is 0 Å². The van der Waals surface area contributed by atoms with Gasteiger partial charge in [0, 0.05) is 12.8 Å². The molecule has 9 nitrogen and oxygen atoms in total. The molecule has 316 valence electrons. The highest BCUT2D eigenvalue weighted by Gasteiger charge is 2.22. The normalized spacial score (nSPS) is 13.8. The molecule has 0 radical (unpaired) electrons. The van der Waals surface area contributed by atoms with E-state index in [1.165, 1.54) is 83.5 Å². The number of ether oxygens (including phenoxy) is 2. The molecule has 0 aliphatic carbocycles. The van der Waals surface area contributed by atoms with Crippen molar-refractivity contribution in [3.8, 4) is 0 Å². The highest BCUT2D eigenvalue weighted by molar-refractivity contribution is 7.46. The smallest absolute Gasteiger partial charge is 0.462 e. The van der Waals surface area contributed by atoms with E-state index >= 15 is 0 Å². The number of aliphatic hydroxyl groups excluding tert-OH is 1. The molecule has 55 heavy (non-hydrogen) atoms. The third-order valence-electron chi connectivity index (χ3n) is 8.87. The van der Waals surface area contributed by atoms with Crippen LogP contribution in [0.15, 0.2) is 72.9 Å². The Kier molecular flexibility index (Phi) is 37.8. The zero-order chi connectivity index (χ0) is 40.5. The summed E-state index contributed by atoms with van der Waals surface area (Å²) in [5.41, 5.74) is 0. The van der Waals surface area contributed by atoms with Gasteiger partial charge in [0.25, 0.3) is 0 Å². The summed E-state index contributed by atoms with van der Waals surface area (Å²) < 4.78 is 26.3. The fourth-order valence-corrected chi connectivity index (χ4v) is 5.89. The average molecular weight is 793 g/mol. The van der Waals surface area contributed by atoms with Crippen molar-refractivity contribution in [2.45, 2.75) is 187 Å². The summed E-state index contributed by atoms with van der Waals surface area (Å²) in [7, 11) is -4.78. The fraction of sp³-hybridized carbons (Fsp3) is 0.689. The number of phosphoric acid groups is 1. The number of aliphatic hydroxyl groups is 1. The van der Waals surface area contributed by atoms with Gasteiger partial charge in [0.2, 0.25) is 0 Å². The molecule has 0 aromatic heterocycles. The van der Waals surface area contributed by atoms with Gasteiger partial charge in [0.1, 0.15) is 6.61 Å². The van der Waals surface area contributed by atoms with E-state index in [-0.39, 0.29) is 25.6 Å². The van der Waals surface area contributed by atoms with Crippen LogP contribution in [0.1, 0.15) is 174 Å². The lowest BCUT2D eigenvalue weighted by Gasteiger charge is -2.18. The van der Waals surface area contributed by atoms with Crippen molar-refractivity contribution >= 4 is 19.8 Å². The largest absolute Gasteiger partial charge is 0.469 e. The van der Waals surface area contributed by atoms with Crippen LogP contribution in [0.3, 0.4) is 0 Å². The van der Waals surface area contributed by atoms with E-state index < -0.39 is 32.5 Å². The van der Waals surface area contributed by atoms with Gasteiger partial charge >= 0.3 is 19.8 Å². The van der Waals surface area contributed by atoms with Gasteiger partial charge in [-0.1, -0.05) is 164 Å². The highest BCUT2D eigenvalue weighted by Crippen LogP contribution is 2.36. The van der Waals surface area contributed by atoms with Crippen LogP contribution >= 0.6 is 7.82 Å². The van der Waals surface area contributed by atoms with Gasteiger partial charge < -0.3 is 24.4 Å². The molecule has 0 amide bonds. The Morgan fingerprint density at radius 3 is 1.60 bits per heavy atom. The predicted octanol–water partition coefficient (Wildman–Crippen LogP) is 12.0. The molecule has 0 heterocycles. The third kappa shape index (κ3) is 42.4. The van der Waals surface area contributed by atoms with E-state index in [9.17, 15) is 19.3 Å². The van der Waals surface area contributed by atoms with E-state index in [1.54, 1.807) is 6.08 Å². The number of esters is 2. The molecule has 0 aromatic rings. The molecular formula is C45H77O9P. The Balaban J connectivity index is 4.02. The van der Waals surface area contributed by atoms with Crippen LogP contribution in [-0.4, -0.2) is 52.3 Å². The van der Waals surface area contributed by atoms with Crippen LogP contribution in [0.5, 0.6) is 0 Å². The summed E-state index contributed by atoms with van der Waals surface area (Å²) in [5, 5.41) is 9.45. The quantitative estimate of drug-likeness (QED) is 0.0183. The Morgan fingerprint density at radius 2 is 1.04 bits per heavy atom. The molecule has 10 heteroatoms. The first-order valence-corrected chi connectivity index (χ1v) is 22.9. The van der Waals surface area contributed by atoms with Crippen molar-refractivity contribution in [2.75, 3.05) is 13.2 Å². The van der Waals surface area contributed by atoms with Crippen molar-refractivity contribution in [3.05, 3.63) is 72.9 Å². The van der Waals surface area contributed by atoms with E-state index in [0.29, 0.717) is 25.7 Å². The maximum absolute atomic E-state index is 12.4. The Hall–Kier alpha value is -2.55. The molecule has 0 bridgehead atoms. The number of unbranched alkanes of at least 4 members (excludes halogenated alkanes) is 16. The lowest BCUT2D eigenvalue weighted by atomic mass is 10.1. The van der Waals surface area contributed by atoms with Gasteiger partial charge in [0.05, 0.1) is 12.7 Å². The number of phosphoric ester groups is 1. The van der Waals surface area contributed by atoms with Crippen molar-refractivity contribution < 1.29 is 43.0 Å². The molecule has 0 aliphatic heterocycles. The summed E-state index contributed by atoms with van der Waals surface area (Å²) in [6, 6.07) is 0. The zero-order valence-electron chi connectivity index (χ0n) is 34.4. The molecule has 3 N–H and O–H groups in total. The predicted molar refractivity (Wildman–Crippen MR) is 226 cm³/mol. The number of carbonyl (C=O) groups excluding carboxylic acids is 2. The molecule has 0 unspecified atom stereocenters. The Labute approximate surface area is 334 Å². The minimum atomic E-state index is -4.78. The maximum Gasteiger partial charge on any atom is 0.469 e. The van der Waals surface area contributed by atoms with Crippen molar-refractivity contribution in [2.24, 2.45) is 0 Å².